The Kier molecular flexibility index (Phi) is 3.80. The topological polar surface area (TPSA) is 43.9 Å². The van der Waals surface area contributed by atoms with Gasteiger partial charge in [-0.3, -0.25) is 0 Å². The van der Waals surface area contributed by atoms with Gasteiger partial charge in [0.05, 0.1) is 12.2 Å². The quantitative estimate of drug-likeness (QED) is 0.728. The fourth-order valence-corrected chi connectivity index (χ4v) is 2.54. The number of hydrogen-bond acceptors (Lipinski definition) is 3. The van der Waals surface area contributed by atoms with E-state index in [2.05, 4.69) is 21.6 Å². The first-order valence-corrected chi connectivity index (χ1v) is 7.27. The molecule has 5 heteroatoms. The van der Waals surface area contributed by atoms with Gasteiger partial charge in [0.25, 0.3) is 0 Å². The van der Waals surface area contributed by atoms with Crippen LogP contribution in [-0.2, 0) is 13.0 Å². The van der Waals surface area contributed by atoms with Crippen LogP contribution in [-0.4, -0.2) is 14.7 Å². The van der Waals surface area contributed by atoms with Crippen molar-refractivity contribution >= 4 is 11.6 Å². The van der Waals surface area contributed by atoms with Crippen LogP contribution in [0, 0.1) is 6.92 Å². The van der Waals surface area contributed by atoms with Crippen LogP contribution in [0.1, 0.15) is 24.1 Å². The van der Waals surface area contributed by atoms with Crippen molar-refractivity contribution in [3.05, 3.63) is 58.8 Å². The molecule has 4 nitrogen and oxygen atoms in total. The number of aryl methyl sites for hydroxylation is 2. The Morgan fingerprint density at radius 2 is 2.14 bits per heavy atom. The molecule has 0 aliphatic carbocycles. The minimum absolute atomic E-state index is 0.661. The molecule has 0 bridgehead atoms. The van der Waals surface area contributed by atoms with Crippen LogP contribution in [0.3, 0.4) is 0 Å². The zero-order chi connectivity index (χ0) is 14.8. The first-order valence-electron chi connectivity index (χ1n) is 6.90. The van der Waals surface area contributed by atoms with Gasteiger partial charge < -0.3 is 9.09 Å². The van der Waals surface area contributed by atoms with Crippen molar-refractivity contribution in [1.29, 1.82) is 0 Å². The molecule has 1 aromatic carbocycles. The maximum absolute atomic E-state index is 6.00. The first-order chi connectivity index (χ1) is 10.2. The van der Waals surface area contributed by atoms with Gasteiger partial charge in [-0.1, -0.05) is 35.8 Å². The Balaban J connectivity index is 1.85. The molecule has 0 radical (unpaired) electrons. The van der Waals surface area contributed by atoms with E-state index in [-0.39, 0.29) is 0 Å². The number of benzene rings is 1. The zero-order valence-corrected chi connectivity index (χ0v) is 12.8. The third-order valence-electron chi connectivity index (χ3n) is 3.30. The molecule has 0 saturated carbocycles. The van der Waals surface area contributed by atoms with E-state index in [0.717, 1.165) is 35.0 Å². The SMILES string of the molecule is CCc1nc(C)cn1Cc1cc(-c2cccc(Cl)c2)on1. The van der Waals surface area contributed by atoms with E-state index in [4.69, 9.17) is 16.1 Å². The summed E-state index contributed by atoms with van der Waals surface area (Å²) in [4.78, 5) is 4.49. The molecule has 2 heterocycles. The second-order valence-electron chi connectivity index (χ2n) is 4.97. The molecule has 21 heavy (non-hydrogen) atoms. The monoisotopic (exact) mass is 301 g/mol. The molecule has 0 amide bonds. The van der Waals surface area contributed by atoms with Crippen molar-refractivity contribution < 1.29 is 4.52 Å². The fraction of sp³-hybridized carbons (Fsp3) is 0.250. The number of hydrogen-bond donors (Lipinski definition) is 0. The highest BCUT2D eigenvalue weighted by molar-refractivity contribution is 6.30. The summed E-state index contributed by atoms with van der Waals surface area (Å²) in [6.45, 7) is 4.75. The van der Waals surface area contributed by atoms with Crippen LogP contribution in [0.15, 0.2) is 41.1 Å². The lowest BCUT2D eigenvalue weighted by Crippen LogP contribution is -2.03. The summed E-state index contributed by atoms with van der Waals surface area (Å²) in [7, 11) is 0. The van der Waals surface area contributed by atoms with E-state index in [9.17, 15) is 0 Å². The first kappa shape index (κ1) is 13.9. The Morgan fingerprint density at radius 3 is 2.90 bits per heavy atom. The van der Waals surface area contributed by atoms with E-state index in [1.54, 1.807) is 0 Å². The summed E-state index contributed by atoms with van der Waals surface area (Å²) in [5.74, 6) is 1.78. The summed E-state index contributed by atoms with van der Waals surface area (Å²) < 4.78 is 7.52. The Morgan fingerprint density at radius 1 is 1.29 bits per heavy atom. The molecule has 0 fully saturated rings. The molecule has 0 saturated heterocycles. The van der Waals surface area contributed by atoms with Crippen molar-refractivity contribution in [1.82, 2.24) is 14.7 Å². The molecule has 108 valence electrons. The van der Waals surface area contributed by atoms with Gasteiger partial charge in [0.2, 0.25) is 0 Å². The van der Waals surface area contributed by atoms with Crippen molar-refractivity contribution in [3.63, 3.8) is 0 Å². The molecular weight excluding hydrogens is 286 g/mol. The van der Waals surface area contributed by atoms with Crippen molar-refractivity contribution in [2.24, 2.45) is 0 Å². The molecule has 3 rings (SSSR count). The third-order valence-corrected chi connectivity index (χ3v) is 3.53. The number of aromatic nitrogens is 3. The lowest BCUT2D eigenvalue weighted by molar-refractivity contribution is 0.421. The highest BCUT2D eigenvalue weighted by Crippen LogP contribution is 2.23. The highest BCUT2D eigenvalue weighted by atomic mass is 35.5. The van der Waals surface area contributed by atoms with Crippen LogP contribution in [0.25, 0.3) is 11.3 Å². The second-order valence-corrected chi connectivity index (χ2v) is 5.41. The highest BCUT2D eigenvalue weighted by Gasteiger charge is 2.10. The lowest BCUT2D eigenvalue weighted by Gasteiger charge is -2.02. The minimum Gasteiger partial charge on any atom is -0.356 e. The van der Waals surface area contributed by atoms with Gasteiger partial charge in [0.15, 0.2) is 5.76 Å². The second kappa shape index (κ2) is 5.74. The largest absolute Gasteiger partial charge is 0.356 e. The zero-order valence-electron chi connectivity index (χ0n) is 12.0. The molecule has 0 aliphatic rings. The summed E-state index contributed by atoms with van der Waals surface area (Å²) in [6.07, 6.45) is 2.93. The van der Waals surface area contributed by atoms with Crippen LogP contribution < -0.4 is 0 Å². The maximum Gasteiger partial charge on any atom is 0.167 e. The summed E-state index contributed by atoms with van der Waals surface area (Å²) in [5, 5.41) is 4.82. The standard InChI is InChI=1S/C16H16ClN3O/c1-3-16-18-11(2)9-20(16)10-14-8-15(21-19-14)12-5-4-6-13(17)7-12/h4-9H,3,10H2,1-2H3. The smallest absolute Gasteiger partial charge is 0.167 e. The maximum atomic E-state index is 6.00. The molecule has 2 aromatic heterocycles. The molecular formula is C16H16ClN3O. The van der Waals surface area contributed by atoms with Gasteiger partial charge in [-0.05, 0) is 19.1 Å². The van der Waals surface area contributed by atoms with Gasteiger partial charge in [-0.2, -0.15) is 0 Å². The minimum atomic E-state index is 0.661. The summed E-state index contributed by atoms with van der Waals surface area (Å²) >= 11 is 6.00. The van der Waals surface area contributed by atoms with E-state index in [1.807, 2.05) is 43.5 Å². The van der Waals surface area contributed by atoms with Crippen molar-refractivity contribution in [3.8, 4) is 11.3 Å². The van der Waals surface area contributed by atoms with E-state index < -0.39 is 0 Å². The van der Waals surface area contributed by atoms with Crippen LogP contribution in [0.4, 0.5) is 0 Å². The Bertz CT molecular complexity index is 760. The molecule has 3 aromatic rings. The average molecular weight is 302 g/mol. The molecule has 0 atom stereocenters. The van der Waals surface area contributed by atoms with Crippen LogP contribution in [0.5, 0.6) is 0 Å². The molecule has 0 spiro atoms. The normalized spacial score (nSPS) is 11.0. The van der Waals surface area contributed by atoms with E-state index >= 15 is 0 Å². The number of nitrogens with zero attached hydrogens (tertiary/aromatic N) is 3. The van der Waals surface area contributed by atoms with Gasteiger partial charge in [-0.15, -0.1) is 0 Å². The number of halogens is 1. The van der Waals surface area contributed by atoms with Gasteiger partial charge >= 0.3 is 0 Å². The van der Waals surface area contributed by atoms with E-state index in [1.165, 1.54) is 0 Å². The van der Waals surface area contributed by atoms with Gasteiger partial charge in [0, 0.05) is 29.3 Å². The third kappa shape index (κ3) is 3.00. The lowest BCUT2D eigenvalue weighted by atomic mass is 10.1. The molecule has 0 N–H and O–H groups in total. The summed E-state index contributed by atoms with van der Waals surface area (Å²) in [5.41, 5.74) is 2.82. The Labute approximate surface area is 128 Å². The fourth-order valence-electron chi connectivity index (χ4n) is 2.35. The molecule has 0 aliphatic heterocycles. The van der Waals surface area contributed by atoms with Crippen molar-refractivity contribution in [2.75, 3.05) is 0 Å². The van der Waals surface area contributed by atoms with Crippen molar-refractivity contribution in [2.45, 2.75) is 26.8 Å². The number of rotatable bonds is 4. The van der Waals surface area contributed by atoms with E-state index in [0.29, 0.717) is 11.6 Å². The van der Waals surface area contributed by atoms with Crippen LogP contribution >= 0.6 is 11.6 Å². The van der Waals surface area contributed by atoms with Gasteiger partial charge in [0.1, 0.15) is 11.5 Å². The Hall–Kier alpha value is -2.07. The summed E-state index contributed by atoms with van der Waals surface area (Å²) in [6, 6.07) is 9.50. The van der Waals surface area contributed by atoms with Gasteiger partial charge in [-0.25, -0.2) is 4.98 Å². The van der Waals surface area contributed by atoms with Crippen LogP contribution in [0.2, 0.25) is 5.02 Å². The number of imidazole rings is 1. The molecule has 0 unspecified atom stereocenters. The predicted molar refractivity (Wildman–Crippen MR) is 82.4 cm³/mol. The average Bonchev–Trinajstić information content (AvgIpc) is 3.06. The predicted octanol–water partition coefficient (Wildman–Crippen LogP) is 4.11.